The zero-order chi connectivity index (χ0) is 20.0. The van der Waals surface area contributed by atoms with E-state index in [9.17, 15) is 18.0 Å². The van der Waals surface area contributed by atoms with Gasteiger partial charge in [0.25, 0.3) is 0 Å². The second-order valence-electron chi connectivity index (χ2n) is 6.64. The Balaban J connectivity index is 2.01. The molecule has 1 aromatic carbocycles. The first-order chi connectivity index (χ1) is 12.8. The number of nitrogens with zero attached hydrogens (tertiary/aromatic N) is 2. The summed E-state index contributed by atoms with van der Waals surface area (Å²) in [6.45, 7) is 2.42. The molecule has 1 aromatic rings. The van der Waals surface area contributed by atoms with Gasteiger partial charge in [0.05, 0.1) is 11.5 Å². The van der Waals surface area contributed by atoms with E-state index in [1.54, 1.807) is 24.3 Å². The topological polar surface area (TPSA) is 104 Å². The zero-order valence-electron chi connectivity index (χ0n) is 15.6. The van der Waals surface area contributed by atoms with Crippen LogP contribution < -0.4 is 0 Å². The number of aryl methyl sites for hydroxylation is 1. The summed E-state index contributed by atoms with van der Waals surface area (Å²) in [7, 11) is -2.10. The van der Waals surface area contributed by atoms with Gasteiger partial charge in [-0.25, -0.2) is 8.42 Å². The third-order valence-corrected chi connectivity index (χ3v) is 6.58. The van der Waals surface area contributed by atoms with Crippen molar-refractivity contribution in [3.8, 4) is 0 Å². The number of carboxylic acids is 1. The molecule has 0 atom stereocenters. The van der Waals surface area contributed by atoms with Gasteiger partial charge >= 0.3 is 5.97 Å². The van der Waals surface area contributed by atoms with Crippen LogP contribution in [0.15, 0.2) is 29.2 Å². The van der Waals surface area contributed by atoms with Crippen LogP contribution in [0.2, 0.25) is 0 Å². The molecule has 1 aliphatic rings. The summed E-state index contributed by atoms with van der Waals surface area (Å²) in [5, 5.41) is 9.00. The standard InChI is InChI=1S/C18H26N2O6S/c1-14-3-5-16(6-4-14)27(24,25)20-9-7-15(8-10-20)18(23)19(11-12-26-2)13-17(21)22/h3-6,15H,7-13H2,1-2H3,(H,21,22). The van der Waals surface area contributed by atoms with E-state index in [1.165, 1.54) is 16.3 Å². The van der Waals surface area contributed by atoms with E-state index >= 15 is 0 Å². The molecule has 0 unspecified atom stereocenters. The summed E-state index contributed by atoms with van der Waals surface area (Å²) in [6.07, 6.45) is 0.736. The van der Waals surface area contributed by atoms with Crippen LogP contribution in [0.5, 0.6) is 0 Å². The van der Waals surface area contributed by atoms with Gasteiger partial charge in [0.15, 0.2) is 0 Å². The van der Waals surface area contributed by atoms with Gasteiger partial charge in [0.1, 0.15) is 6.54 Å². The number of benzene rings is 1. The molecular weight excluding hydrogens is 372 g/mol. The predicted octanol–water partition coefficient (Wildman–Crippen LogP) is 0.955. The van der Waals surface area contributed by atoms with Crippen LogP contribution >= 0.6 is 0 Å². The van der Waals surface area contributed by atoms with Crippen LogP contribution in [-0.4, -0.2) is 74.5 Å². The van der Waals surface area contributed by atoms with Crippen molar-refractivity contribution in [1.29, 1.82) is 0 Å². The number of rotatable bonds is 8. The number of hydrogen-bond donors (Lipinski definition) is 1. The molecule has 1 aliphatic heterocycles. The van der Waals surface area contributed by atoms with E-state index in [4.69, 9.17) is 9.84 Å². The third kappa shape index (κ3) is 5.50. The maximum absolute atomic E-state index is 12.7. The van der Waals surface area contributed by atoms with Crippen LogP contribution in [0.25, 0.3) is 0 Å². The molecule has 1 amide bonds. The Morgan fingerprint density at radius 3 is 2.33 bits per heavy atom. The van der Waals surface area contributed by atoms with Crippen molar-refractivity contribution in [2.24, 2.45) is 5.92 Å². The number of aliphatic carboxylic acids is 1. The maximum atomic E-state index is 12.7. The molecule has 0 radical (unpaired) electrons. The average molecular weight is 398 g/mol. The number of carbonyl (C=O) groups is 2. The monoisotopic (exact) mass is 398 g/mol. The Labute approximate surface area is 159 Å². The molecule has 0 aliphatic carbocycles. The lowest BCUT2D eigenvalue weighted by Crippen LogP contribution is -2.46. The Bertz CT molecular complexity index is 755. The van der Waals surface area contributed by atoms with Crippen molar-refractivity contribution < 1.29 is 27.9 Å². The summed E-state index contributed by atoms with van der Waals surface area (Å²) in [4.78, 5) is 25.2. The SMILES string of the molecule is COCCN(CC(=O)O)C(=O)C1CCN(S(=O)(=O)c2ccc(C)cc2)CC1. The van der Waals surface area contributed by atoms with E-state index < -0.39 is 16.0 Å². The first kappa shape index (κ1) is 21.3. The number of carbonyl (C=O) groups excluding carboxylic acids is 1. The maximum Gasteiger partial charge on any atom is 0.323 e. The third-order valence-electron chi connectivity index (χ3n) is 4.67. The van der Waals surface area contributed by atoms with Crippen molar-refractivity contribution in [2.45, 2.75) is 24.7 Å². The molecule has 150 valence electrons. The molecule has 1 N–H and O–H groups in total. The lowest BCUT2D eigenvalue weighted by Gasteiger charge is -2.33. The number of piperidine rings is 1. The van der Waals surface area contributed by atoms with Gasteiger partial charge in [-0.3, -0.25) is 9.59 Å². The quantitative estimate of drug-likeness (QED) is 0.699. The molecule has 0 spiro atoms. The van der Waals surface area contributed by atoms with E-state index in [-0.39, 0.29) is 49.5 Å². The summed E-state index contributed by atoms with van der Waals surface area (Å²) in [5.74, 6) is -1.73. The van der Waals surface area contributed by atoms with E-state index in [0.29, 0.717) is 12.8 Å². The van der Waals surface area contributed by atoms with Crippen LogP contribution in [0, 0.1) is 12.8 Å². The molecule has 0 bridgehead atoms. The van der Waals surface area contributed by atoms with Crippen molar-refractivity contribution in [1.82, 2.24) is 9.21 Å². The molecule has 1 fully saturated rings. The molecule has 27 heavy (non-hydrogen) atoms. The van der Waals surface area contributed by atoms with Crippen LogP contribution in [0.4, 0.5) is 0 Å². The Kier molecular flexibility index (Phi) is 7.34. The van der Waals surface area contributed by atoms with Gasteiger partial charge in [0, 0.05) is 32.7 Å². The first-order valence-electron chi connectivity index (χ1n) is 8.82. The fourth-order valence-corrected chi connectivity index (χ4v) is 4.56. The smallest absolute Gasteiger partial charge is 0.323 e. The summed E-state index contributed by atoms with van der Waals surface area (Å²) in [5.41, 5.74) is 0.979. The van der Waals surface area contributed by atoms with Crippen molar-refractivity contribution in [3.63, 3.8) is 0 Å². The van der Waals surface area contributed by atoms with Gasteiger partial charge in [0.2, 0.25) is 15.9 Å². The second-order valence-corrected chi connectivity index (χ2v) is 8.58. The molecule has 9 heteroatoms. The largest absolute Gasteiger partial charge is 0.480 e. The number of amides is 1. The van der Waals surface area contributed by atoms with Crippen molar-refractivity contribution >= 4 is 21.9 Å². The minimum Gasteiger partial charge on any atom is -0.480 e. The fraction of sp³-hybridized carbons (Fsp3) is 0.556. The number of ether oxygens (including phenoxy) is 1. The molecule has 1 heterocycles. The Morgan fingerprint density at radius 1 is 1.22 bits per heavy atom. The second kappa shape index (κ2) is 9.29. The van der Waals surface area contributed by atoms with Crippen molar-refractivity contribution in [3.05, 3.63) is 29.8 Å². The average Bonchev–Trinajstić information content (AvgIpc) is 2.64. The Hall–Kier alpha value is -1.97. The minimum atomic E-state index is -3.59. The van der Waals surface area contributed by atoms with Gasteiger partial charge < -0.3 is 14.7 Å². The minimum absolute atomic E-state index is 0.198. The molecule has 0 saturated carbocycles. The lowest BCUT2D eigenvalue weighted by atomic mass is 9.96. The van der Waals surface area contributed by atoms with Gasteiger partial charge in [-0.15, -0.1) is 0 Å². The van der Waals surface area contributed by atoms with Crippen molar-refractivity contribution in [2.75, 3.05) is 39.9 Å². The highest BCUT2D eigenvalue weighted by Gasteiger charge is 2.34. The van der Waals surface area contributed by atoms with Gasteiger partial charge in [-0.1, -0.05) is 17.7 Å². The highest BCUT2D eigenvalue weighted by Crippen LogP contribution is 2.25. The predicted molar refractivity (Wildman–Crippen MR) is 98.8 cm³/mol. The summed E-state index contributed by atoms with van der Waals surface area (Å²) < 4.78 is 31.8. The zero-order valence-corrected chi connectivity index (χ0v) is 16.4. The number of sulfonamides is 1. The summed E-state index contributed by atoms with van der Waals surface area (Å²) in [6, 6.07) is 6.67. The number of methoxy groups -OCH3 is 1. The fourth-order valence-electron chi connectivity index (χ4n) is 3.09. The first-order valence-corrected chi connectivity index (χ1v) is 10.3. The highest BCUT2D eigenvalue weighted by atomic mass is 32.2. The normalized spacial score (nSPS) is 16.2. The van der Waals surface area contributed by atoms with Crippen LogP contribution in [-0.2, 0) is 24.3 Å². The van der Waals surface area contributed by atoms with E-state index in [2.05, 4.69) is 0 Å². The molecule has 2 rings (SSSR count). The number of hydrogen-bond acceptors (Lipinski definition) is 5. The van der Waals surface area contributed by atoms with Crippen LogP contribution in [0.1, 0.15) is 18.4 Å². The van der Waals surface area contributed by atoms with Crippen LogP contribution in [0.3, 0.4) is 0 Å². The lowest BCUT2D eigenvalue weighted by molar-refractivity contribution is -0.147. The highest BCUT2D eigenvalue weighted by molar-refractivity contribution is 7.89. The number of carboxylic acid groups (broad SMARTS) is 1. The van der Waals surface area contributed by atoms with E-state index in [0.717, 1.165) is 5.56 Å². The van der Waals surface area contributed by atoms with Gasteiger partial charge in [-0.2, -0.15) is 4.31 Å². The molecular formula is C18H26N2O6S. The van der Waals surface area contributed by atoms with E-state index in [1.807, 2.05) is 6.92 Å². The molecule has 0 aromatic heterocycles. The Morgan fingerprint density at radius 2 is 1.81 bits per heavy atom. The van der Waals surface area contributed by atoms with Gasteiger partial charge in [-0.05, 0) is 31.9 Å². The molecule has 1 saturated heterocycles. The summed E-state index contributed by atoms with van der Waals surface area (Å²) >= 11 is 0. The molecule has 8 nitrogen and oxygen atoms in total.